The molecule has 0 N–H and O–H groups in total. The fourth-order valence-electron chi connectivity index (χ4n) is 2.64. The van der Waals surface area contributed by atoms with Crippen LogP contribution in [0.25, 0.3) is 22.8 Å². The Hall–Kier alpha value is -3.02. The van der Waals surface area contributed by atoms with Gasteiger partial charge in [-0.2, -0.15) is 4.98 Å². The molecule has 1 aromatic heterocycles. The van der Waals surface area contributed by atoms with Gasteiger partial charge in [0.15, 0.2) is 0 Å². The van der Waals surface area contributed by atoms with E-state index in [9.17, 15) is 9.18 Å². The van der Waals surface area contributed by atoms with Crippen LogP contribution in [0.5, 0.6) is 0 Å². The van der Waals surface area contributed by atoms with Crippen LogP contribution in [0, 0.1) is 11.2 Å². The molecule has 0 aliphatic carbocycles. The van der Waals surface area contributed by atoms with Gasteiger partial charge in [-0.05, 0) is 60.4 Å². The van der Waals surface area contributed by atoms with Crippen molar-refractivity contribution in [1.82, 2.24) is 15.0 Å². The van der Waals surface area contributed by atoms with Gasteiger partial charge in [-0.25, -0.2) is 4.39 Å². The van der Waals surface area contributed by atoms with Gasteiger partial charge in [-0.15, -0.1) is 0 Å². The van der Waals surface area contributed by atoms with E-state index in [4.69, 9.17) is 4.52 Å². The zero-order valence-electron chi connectivity index (χ0n) is 16.6. The second-order valence-electron chi connectivity index (χ2n) is 8.04. The molecular formula is C22H24FN3O2. The minimum Gasteiger partial charge on any atom is -0.342 e. The molecule has 146 valence electrons. The lowest BCUT2D eigenvalue weighted by atomic mass is 9.92. The lowest BCUT2D eigenvalue weighted by Gasteiger charge is -2.23. The van der Waals surface area contributed by atoms with Crippen molar-refractivity contribution in [3.05, 3.63) is 59.9 Å². The van der Waals surface area contributed by atoms with Crippen molar-refractivity contribution >= 4 is 5.91 Å². The van der Waals surface area contributed by atoms with Crippen molar-refractivity contribution in [2.45, 2.75) is 27.2 Å². The van der Waals surface area contributed by atoms with Crippen LogP contribution in [0.2, 0.25) is 0 Å². The summed E-state index contributed by atoms with van der Waals surface area (Å²) in [6.07, 6.45) is 0.932. The highest BCUT2D eigenvalue weighted by molar-refractivity contribution is 5.94. The van der Waals surface area contributed by atoms with E-state index in [1.165, 1.54) is 12.1 Å². The van der Waals surface area contributed by atoms with Crippen LogP contribution < -0.4 is 0 Å². The molecule has 5 nitrogen and oxygen atoms in total. The van der Waals surface area contributed by atoms with E-state index in [0.29, 0.717) is 29.4 Å². The van der Waals surface area contributed by atoms with Gasteiger partial charge in [0.2, 0.25) is 5.82 Å². The number of nitrogens with zero attached hydrogens (tertiary/aromatic N) is 3. The average Bonchev–Trinajstić information content (AvgIpc) is 3.16. The first-order valence-corrected chi connectivity index (χ1v) is 9.18. The molecule has 6 heteroatoms. The van der Waals surface area contributed by atoms with E-state index in [-0.39, 0.29) is 17.1 Å². The first-order valence-electron chi connectivity index (χ1n) is 9.18. The quantitative estimate of drug-likeness (QED) is 0.620. The van der Waals surface area contributed by atoms with Crippen molar-refractivity contribution in [3.8, 4) is 22.8 Å². The number of rotatable bonds is 5. The maximum Gasteiger partial charge on any atom is 0.258 e. The van der Waals surface area contributed by atoms with Gasteiger partial charge in [0.1, 0.15) is 5.82 Å². The largest absolute Gasteiger partial charge is 0.342 e. The van der Waals surface area contributed by atoms with Gasteiger partial charge in [-0.1, -0.05) is 25.9 Å². The standard InChI is InChI=1S/C22H24FN3O2/c1-22(2,3)13-14-26(4)21(27)17-7-5-16(6-8-17)20-24-19(25-28-20)15-9-11-18(23)12-10-15/h5-12H,13-14H2,1-4H3. The highest BCUT2D eigenvalue weighted by Gasteiger charge is 2.17. The molecule has 1 amide bonds. The zero-order chi connectivity index (χ0) is 20.3. The molecule has 0 spiro atoms. The smallest absolute Gasteiger partial charge is 0.258 e. The molecule has 0 fully saturated rings. The van der Waals surface area contributed by atoms with Crippen LogP contribution in [0.15, 0.2) is 53.1 Å². The maximum absolute atomic E-state index is 13.0. The zero-order valence-corrected chi connectivity index (χ0v) is 16.6. The molecular weight excluding hydrogens is 357 g/mol. The Morgan fingerprint density at radius 2 is 1.64 bits per heavy atom. The Labute approximate surface area is 164 Å². The molecule has 28 heavy (non-hydrogen) atoms. The third-order valence-electron chi connectivity index (χ3n) is 4.45. The molecule has 3 rings (SSSR count). The Kier molecular flexibility index (Phi) is 5.58. The molecule has 0 aliphatic heterocycles. The van der Waals surface area contributed by atoms with E-state index in [2.05, 4.69) is 30.9 Å². The third kappa shape index (κ3) is 4.82. The van der Waals surface area contributed by atoms with Crippen LogP contribution in [-0.2, 0) is 0 Å². The lowest BCUT2D eigenvalue weighted by Crippen LogP contribution is -2.29. The molecule has 0 unspecified atom stereocenters. The monoisotopic (exact) mass is 381 g/mol. The molecule has 0 aliphatic rings. The minimum absolute atomic E-state index is 0.0201. The van der Waals surface area contributed by atoms with Crippen molar-refractivity contribution < 1.29 is 13.7 Å². The summed E-state index contributed by atoms with van der Waals surface area (Å²) in [6.45, 7) is 7.18. The fraction of sp³-hybridized carbons (Fsp3) is 0.318. The SMILES string of the molecule is CN(CCC(C)(C)C)C(=O)c1ccc(-c2nc(-c3ccc(F)cc3)no2)cc1. The summed E-state index contributed by atoms with van der Waals surface area (Å²) in [5, 5.41) is 3.94. The van der Waals surface area contributed by atoms with Gasteiger partial charge in [0, 0.05) is 30.3 Å². The van der Waals surface area contributed by atoms with Crippen LogP contribution in [0.3, 0.4) is 0 Å². The second kappa shape index (κ2) is 7.92. The summed E-state index contributed by atoms with van der Waals surface area (Å²) in [4.78, 5) is 18.7. The van der Waals surface area contributed by atoms with Gasteiger partial charge < -0.3 is 9.42 Å². The van der Waals surface area contributed by atoms with Gasteiger partial charge in [0.05, 0.1) is 0 Å². The first kappa shape index (κ1) is 19.7. The second-order valence-corrected chi connectivity index (χ2v) is 8.04. The van der Waals surface area contributed by atoms with Gasteiger partial charge >= 0.3 is 0 Å². The summed E-state index contributed by atoms with van der Waals surface area (Å²) >= 11 is 0. The van der Waals surface area contributed by atoms with E-state index in [1.54, 1.807) is 41.3 Å². The number of halogens is 1. The highest BCUT2D eigenvalue weighted by Crippen LogP contribution is 2.23. The van der Waals surface area contributed by atoms with Crippen molar-refractivity contribution in [2.24, 2.45) is 5.41 Å². The van der Waals surface area contributed by atoms with Crippen LogP contribution >= 0.6 is 0 Å². The van der Waals surface area contributed by atoms with Crippen molar-refractivity contribution in [2.75, 3.05) is 13.6 Å². The molecule has 0 saturated heterocycles. The van der Waals surface area contributed by atoms with Gasteiger partial charge in [0.25, 0.3) is 11.8 Å². The fourth-order valence-corrected chi connectivity index (χ4v) is 2.64. The van der Waals surface area contributed by atoms with Crippen LogP contribution in [0.4, 0.5) is 4.39 Å². The maximum atomic E-state index is 13.0. The van der Waals surface area contributed by atoms with E-state index in [0.717, 1.165) is 12.0 Å². The third-order valence-corrected chi connectivity index (χ3v) is 4.45. The predicted molar refractivity (Wildman–Crippen MR) is 106 cm³/mol. The summed E-state index contributed by atoms with van der Waals surface area (Å²) in [6, 6.07) is 13.0. The Morgan fingerprint density at radius 3 is 2.25 bits per heavy atom. The number of hydrogen-bond acceptors (Lipinski definition) is 4. The molecule has 0 atom stereocenters. The van der Waals surface area contributed by atoms with Crippen LogP contribution in [-0.4, -0.2) is 34.5 Å². The number of carbonyl (C=O) groups is 1. The average molecular weight is 381 g/mol. The number of amides is 1. The molecule has 3 aromatic rings. The van der Waals surface area contributed by atoms with Crippen LogP contribution in [0.1, 0.15) is 37.6 Å². The summed E-state index contributed by atoms with van der Waals surface area (Å²) in [5.41, 5.74) is 2.18. The molecule has 2 aromatic carbocycles. The summed E-state index contributed by atoms with van der Waals surface area (Å²) in [5.74, 6) is 0.394. The molecule has 0 bridgehead atoms. The minimum atomic E-state index is -0.319. The highest BCUT2D eigenvalue weighted by atomic mass is 19.1. The number of benzene rings is 2. The number of carbonyl (C=O) groups excluding carboxylic acids is 1. The Bertz CT molecular complexity index is 941. The van der Waals surface area contributed by atoms with Gasteiger partial charge in [-0.3, -0.25) is 4.79 Å². The summed E-state index contributed by atoms with van der Waals surface area (Å²) < 4.78 is 18.4. The Morgan fingerprint density at radius 1 is 1.04 bits per heavy atom. The van der Waals surface area contributed by atoms with E-state index in [1.807, 2.05) is 7.05 Å². The normalized spacial score (nSPS) is 11.5. The van der Waals surface area contributed by atoms with Crippen molar-refractivity contribution in [1.29, 1.82) is 0 Å². The lowest BCUT2D eigenvalue weighted by molar-refractivity contribution is 0.0780. The molecule has 1 heterocycles. The summed E-state index contributed by atoms with van der Waals surface area (Å²) in [7, 11) is 1.81. The predicted octanol–water partition coefficient (Wildman–Crippen LogP) is 5.05. The molecule has 0 saturated carbocycles. The topological polar surface area (TPSA) is 59.2 Å². The van der Waals surface area contributed by atoms with Crippen molar-refractivity contribution in [3.63, 3.8) is 0 Å². The number of hydrogen-bond donors (Lipinski definition) is 0. The molecule has 0 radical (unpaired) electrons. The number of aromatic nitrogens is 2. The Balaban J connectivity index is 1.71. The van der Waals surface area contributed by atoms with E-state index >= 15 is 0 Å². The van der Waals surface area contributed by atoms with E-state index < -0.39 is 0 Å². The first-order chi connectivity index (χ1) is 13.2.